The van der Waals surface area contributed by atoms with E-state index in [2.05, 4.69) is 69.8 Å². The van der Waals surface area contributed by atoms with Crippen molar-refractivity contribution in [2.45, 2.75) is 40.0 Å². The van der Waals surface area contributed by atoms with E-state index in [1.54, 1.807) is 18.4 Å². The first-order chi connectivity index (χ1) is 15.1. The Kier molecular flexibility index (Phi) is 6.79. The lowest BCUT2D eigenvalue weighted by atomic mass is 10.1. The smallest absolute Gasteiger partial charge is 0.123 e. The summed E-state index contributed by atoms with van der Waals surface area (Å²) in [6.07, 6.45) is 3.77. The van der Waals surface area contributed by atoms with Gasteiger partial charge in [0.05, 0.1) is 19.3 Å². The number of thiophene rings is 1. The molecule has 4 rings (SSSR count). The summed E-state index contributed by atoms with van der Waals surface area (Å²) in [6, 6.07) is 17.0. The molecular formula is C25H28N4OS. The molecule has 6 heteroatoms. The van der Waals surface area contributed by atoms with E-state index >= 15 is 0 Å². The lowest BCUT2D eigenvalue weighted by Gasteiger charge is -2.22. The Bertz CT molecular complexity index is 1110. The van der Waals surface area contributed by atoms with E-state index in [4.69, 9.17) is 4.74 Å². The van der Waals surface area contributed by atoms with Crippen molar-refractivity contribution in [1.29, 1.82) is 0 Å². The minimum atomic E-state index is 0.699. The molecule has 4 aromatic rings. The van der Waals surface area contributed by atoms with Gasteiger partial charge in [0.15, 0.2) is 0 Å². The largest absolute Gasteiger partial charge is 0.496 e. The fourth-order valence-electron chi connectivity index (χ4n) is 3.85. The van der Waals surface area contributed by atoms with E-state index in [9.17, 15) is 0 Å². The summed E-state index contributed by atoms with van der Waals surface area (Å²) >= 11 is 1.80. The quantitative estimate of drug-likeness (QED) is 0.364. The third-order valence-electron chi connectivity index (χ3n) is 5.26. The van der Waals surface area contributed by atoms with Gasteiger partial charge in [0.2, 0.25) is 0 Å². The van der Waals surface area contributed by atoms with Crippen LogP contribution in [0.1, 0.15) is 33.0 Å². The Morgan fingerprint density at radius 1 is 1.00 bits per heavy atom. The summed E-state index contributed by atoms with van der Waals surface area (Å²) in [5, 5.41) is 6.76. The number of nitrogens with zero attached hydrogens (tertiary/aromatic N) is 4. The van der Waals surface area contributed by atoms with E-state index in [0.717, 1.165) is 42.3 Å². The summed E-state index contributed by atoms with van der Waals surface area (Å²) < 4.78 is 7.68. The lowest BCUT2D eigenvalue weighted by molar-refractivity contribution is 0.249. The number of benzene rings is 1. The molecule has 3 aromatic heterocycles. The summed E-state index contributed by atoms with van der Waals surface area (Å²) in [5.74, 6) is 0.897. The normalized spacial score (nSPS) is 11.2. The molecule has 0 unspecified atom stereocenters. The predicted molar refractivity (Wildman–Crippen MR) is 125 cm³/mol. The molecule has 0 bridgehead atoms. The average Bonchev–Trinajstić information content (AvgIpc) is 3.38. The molecule has 0 atom stereocenters. The van der Waals surface area contributed by atoms with Gasteiger partial charge in [-0.15, -0.1) is 11.3 Å². The maximum atomic E-state index is 5.64. The second-order valence-corrected chi connectivity index (χ2v) is 8.85. The van der Waals surface area contributed by atoms with Crippen molar-refractivity contribution in [3.8, 4) is 5.75 Å². The second kappa shape index (κ2) is 9.90. The highest BCUT2D eigenvalue weighted by molar-refractivity contribution is 7.09. The molecule has 0 aliphatic carbocycles. The first-order valence-corrected chi connectivity index (χ1v) is 11.3. The van der Waals surface area contributed by atoms with Crippen LogP contribution < -0.4 is 4.74 Å². The molecular weight excluding hydrogens is 404 g/mol. The Labute approximate surface area is 187 Å². The number of aromatic nitrogens is 3. The van der Waals surface area contributed by atoms with Crippen LogP contribution in [0.5, 0.6) is 5.75 Å². The van der Waals surface area contributed by atoms with E-state index < -0.39 is 0 Å². The number of hydrogen-bond donors (Lipinski definition) is 0. The molecule has 0 aliphatic heterocycles. The molecule has 5 nitrogen and oxygen atoms in total. The van der Waals surface area contributed by atoms with Crippen molar-refractivity contribution < 1.29 is 4.74 Å². The molecule has 0 aliphatic rings. The number of pyridine rings is 1. The zero-order chi connectivity index (χ0) is 21.6. The Morgan fingerprint density at radius 3 is 2.55 bits per heavy atom. The van der Waals surface area contributed by atoms with E-state index in [0.29, 0.717) is 6.54 Å². The van der Waals surface area contributed by atoms with Gasteiger partial charge in [-0.3, -0.25) is 14.6 Å². The van der Waals surface area contributed by atoms with Crippen LogP contribution in [0, 0.1) is 13.8 Å². The fraction of sp³-hybridized carbons (Fsp3) is 0.280. The number of methoxy groups -OCH3 is 1. The molecule has 0 radical (unpaired) electrons. The number of hydrogen-bond acceptors (Lipinski definition) is 5. The summed E-state index contributed by atoms with van der Waals surface area (Å²) in [5.41, 5.74) is 5.81. The number of aryl methyl sites for hydroxylation is 2. The molecule has 0 N–H and O–H groups in total. The minimum absolute atomic E-state index is 0.699. The number of rotatable bonds is 9. The van der Waals surface area contributed by atoms with Crippen LogP contribution in [0.2, 0.25) is 0 Å². The lowest BCUT2D eigenvalue weighted by Crippen LogP contribution is -2.22. The molecule has 1 aromatic carbocycles. The Morgan fingerprint density at radius 2 is 1.87 bits per heavy atom. The molecule has 0 saturated heterocycles. The molecule has 0 fully saturated rings. The van der Waals surface area contributed by atoms with Gasteiger partial charge in [-0.1, -0.05) is 18.2 Å². The molecule has 3 heterocycles. The molecule has 160 valence electrons. The molecule has 0 saturated carbocycles. The summed E-state index contributed by atoms with van der Waals surface area (Å²) in [4.78, 5) is 8.10. The molecule has 0 spiro atoms. The van der Waals surface area contributed by atoms with Gasteiger partial charge in [0, 0.05) is 48.2 Å². The van der Waals surface area contributed by atoms with E-state index in [1.807, 2.05) is 30.1 Å². The highest BCUT2D eigenvalue weighted by Crippen LogP contribution is 2.24. The van der Waals surface area contributed by atoms with Crippen molar-refractivity contribution in [2.24, 2.45) is 0 Å². The van der Waals surface area contributed by atoms with Gasteiger partial charge in [-0.2, -0.15) is 5.10 Å². The zero-order valence-electron chi connectivity index (χ0n) is 18.3. The first kappa shape index (κ1) is 21.3. The van der Waals surface area contributed by atoms with Crippen molar-refractivity contribution in [1.82, 2.24) is 19.7 Å². The number of ether oxygens (including phenoxy) is 1. The van der Waals surface area contributed by atoms with Crippen LogP contribution >= 0.6 is 11.3 Å². The second-order valence-electron chi connectivity index (χ2n) is 7.82. The van der Waals surface area contributed by atoms with Crippen molar-refractivity contribution >= 4 is 11.3 Å². The highest BCUT2D eigenvalue weighted by atomic mass is 32.1. The third kappa shape index (κ3) is 5.60. The van der Waals surface area contributed by atoms with Crippen molar-refractivity contribution in [2.75, 3.05) is 7.11 Å². The van der Waals surface area contributed by atoms with Crippen LogP contribution in [0.25, 0.3) is 0 Å². The van der Waals surface area contributed by atoms with E-state index in [-0.39, 0.29) is 0 Å². The van der Waals surface area contributed by atoms with Gasteiger partial charge in [0.1, 0.15) is 5.75 Å². The maximum absolute atomic E-state index is 5.64. The van der Waals surface area contributed by atoms with Gasteiger partial charge < -0.3 is 4.74 Å². The van der Waals surface area contributed by atoms with Gasteiger partial charge in [0.25, 0.3) is 0 Å². The van der Waals surface area contributed by atoms with Crippen molar-refractivity contribution in [3.05, 3.63) is 99.3 Å². The van der Waals surface area contributed by atoms with Gasteiger partial charge in [-0.25, -0.2) is 0 Å². The highest BCUT2D eigenvalue weighted by Gasteiger charge is 2.13. The Hall–Kier alpha value is -2.96. The van der Waals surface area contributed by atoms with E-state index in [1.165, 1.54) is 16.0 Å². The Balaban J connectivity index is 1.57. The third-order valence-corrected chi connectivity index (χ3v) is 6.12. The molecule has 31 heavy (non-hydrogen) atoms. The topological polar surface area (TPSA) is 43.2 Å². The predicted octanol–water partition coefficient (Wildman–Crippen LogP) is 5.22. The van der Waals surface area contributed by atoms with Crippen LogP contribution in [-0.2, 0) is 26.2 Å². The van der Waals surface area contributed by atoms with Crippen molar-refractivity contribution in [3.63, 3.8) is 0 Å². The molecule has 0 amide bonds. The standard InChI is InChI=1S/C25H28N4OS/c1-19-12-20(2)29(27-19)17-23-13-21(8-9-25(23)30-3)15-28(18-24-7-5-11-31-24)16-22-6-4-10-26-14-22/h4-14H,15-18H2,1-3H3. The summed E-state index contributed by atoms with van der Waals surface area (Å²) in [7, 11) is 1.73. The van der Waals surface area contributed by atoms with Gasteiger partial charge >= 0.3 is 0 Å². The minimum Gasteiger partial charge on any atom is -0.496 e. The SMILES string of the molecule is COc1ccc(CN(Cc2cccnc2)Cc2cccs2)cc1Cn1nc(C)cc1C. The van der Waals surface area contributed by atoms with Crippen LogP contribution in [0.3, 0.4) is 0 Å². The van der Waals surface area contributed by atoms with Crippen LogP contribution in [0.4, 0.5) is 0 Å². The summed E-state index contributed by atoms with van der Waals surface area (Å²) in [6.45, 7) is 7.42. The zero-order valence-corrected chi connectivity index (χ0v) is 19.1. The first-order valence-electron chi connectivity index (χ1n) is 10.4. The average molecular weight is 433 g/mol. The van der Waals surface area contributed by atoms with Gasteiger partial charge in [-0.05, 0) is 60.7 Å². The fourth-order valence-corrected chi connectivity index (χ4v) is 4.60. The van der Waals surface area contributed by atoms with Crippen LogP contribution in [-0.4, -0.2) is 26.8 Å². The van der Waals surface area contributed by atoms with Crippen LogP contribution in [0.15, 0.2) is 66.3 Å². The maximum Gasteiger partial charge on any atom is 0.123 e. The monoisotopic (exact) mass is 432 g/mol.